The second-order valence-corrected chi connectivity index (χ2v) is 1.44. The molecule has 1 radical (unpaired) electrons. The zero-order valence-corrected chi connectivity index (χ0v) is 9.62. The topological polar surface area (TPSA) is 73.9 Å². The van der Waals surface area contributed by atoms with Gasteiger partial charge in [-0.2, -0.15) is 10.5 Å². The van der Waals surface area contributed by atoms with E-state index in [2.05, 4.69) is 4.74 Å². The SMILES string of the molecule is CCOC(=O)C(C#N)C#N.[K]. The van der Waals surface area contributed by atoms with Gasteiger partial charge in [0.25, 0.3) is 0 Å². The summed E-state index contributed by atoms with van der Waals surface area (Å²) in [5.74, 6) is -2.05. The molecule has 0 aliphatic heterocycles. The Hall–Kier alpha value is 0.0864. The van der Waals surface area contributed by atoms with E-state index in [0.29, 0.717) is 0 Å². The maximum absolute atomic E-state index is 10.5. The number of carbonyl (C=O) groups is 1. The molecule has 0 amide bonds. The van der Waals surface area contributed by atoms with Crippen molar-refractivity contribution in [3.05, 3.63) is 0 Å². The van der Waals surface area contributed by atoms with Crippen LogP contribution in [-0.2, 0) is 9.53 Å². The summed E-state index contributed by atoms with van der Waals surface area (Å²) in [7, 11) is 0. The predicted octanol–water partition coefficient (Wildman–Crippen LogP) is -0.168. The number of nitrogens with zero attached hydrogens (tertiary/aromatic N) is 2. The molecule has 0 aromatic rings. The van der Waals surface area contributed by atoms with E-state index >= 15 is 0 Å². The van der Waals surface area contributed by atoms with Crippen molar-refractivity contribution in [2.24, 2.45) is 5.92 Å². The van der Waals surface area contributed by atoms with Crippen LogP contribution in [0.15, 0.2) is 0 Å². The van der Waals surface area contributed by atoms with E-state index in [9.17, 15) is 4.79 Å². The van der Waals surface area contributed by atoms with Crippen molar-refractivity contribution in [1.29, 1.82) is 10.5 Å². The zero-order valence-electron chi connectivity index (χ0n) is 6.50. The van der Waals surface area contributed by atoms with Crippen LogP contribution in [0.5, 0.6) is 0 Å². The smallest absolute Gasteiger partial charge is 0.338 e. The van der Waals surface area contributed by atoms with Crippen LogP contribution in [0.4, 0.5) is 0 Å². The van der Waals surface area contributed by atoms with Gasteiger partial charge in [0.05, 0.1) is 18.7 Å². The standard InChI is InChI=1S/C6H6N2O2.K/c1-2-10-6(9)5(3-7)4-8;/h5H,2H2,1H3;. The Labute approximate surface area is 108 Å². The minimum absolute atomic E-state index is 0. The van der Waals surface area contributed by atoms with E-state index in [0.717, 1.165) is 0 Å². The van der Waals surface area contributed by atoms with Crippen molar-refractivity contribution in [2.75, 3.05) is 6.61 Å². The molecule has 0 saturated heterocycles. The molecule has 0 bridgehead atoms. The summed E-state index contributed by atoms with van der Waals surface area (Å²) in [5, 5.41) is 16.3. The monoisotopic (exact) mass is 177 g/mol. The molecule has 0 aliphatic rings. The zero-order chi connectivity index (χ0) is 7.98. The van der Waals surface area contributed by atoms with Gasteiger partial charge in [-0.15, -0.1) is 0 Å². The van der Waals surface area contributed by atoms with Gasteiger partial charge in [-0.3, -0.25) is 0 Å². The van der Waals surface area contributed by atoms with Crippen LogP contribution >= 0.6 is 0 Å². The quantitative estimate of drug-likeness (QED) is 0.433. The molecule has 0 spiro atoms. The van der Waals surface area contributed by atoms with Gasteiger partial charge in [-0.25, -0.2) is 4.79 Å². The van der Waals surface area contributed by atoms with E-state index in [1.54, 1.807) is 6.92 Å². The second-order valence-electron chi connectivity index (χ2n) is 1.44. The van der Waals surface area contributed by atoms with E-state index < -0.39 is 11.9 Å². The molecule has 0 unspecified atom stereocenters. The van der Waals surface area contributed by atoms with Gasteiger partial charge in [0.15, 0.2) is 0 Å². The van der Waals surface area contributed by atoms with Crippen molar-refractivity contribution in [2.45, 2.75) is 6.92 Å². The Balaban J connectivity index is 0. The van der Waals surface area contributed by atoms with Gasteiger partial charge in [0.2, 0.25) is 5.92 Å². The van der Waals surface area contributed by atoms with Crippen LogP contribution in [0, 0.1) is 28.6 Å². The summed E-state index contributed by atoms with van der Waals surface area (Å²) in [5.41, 5.74) is 0. The maximum Gasteiger partial charge on any atom is 0.338 e. The van der Waals surface area contributed by atoms with Crippen LogP contribution in [0.25, 0.3) is 0 Å². The summed E-state index contributed by atoms with van der Waals surface area (Å²) in [4.78, 5) is 10.5. The van der Waals surface area contributed by atoms with Crippen LogP contribution in [0.1, 0.15) is 6.92 Å². The van der Waals surface area contributed by atoms with Crippen LogP contribution in [0.3, 0.4) is 0 Å². The molecule has 0 saturated carbocycles. The molecular formula is C6H6KN2O2. The van der Waals surface area contributed by atoms with Gasteiger partial charge in [-0.05, 0) is 6.92 Å². The number of nitriles is 2. The average molecular weight is 177 g/mol. The number of rotatable bonds is 2. The summed E-state index contributed by atoms with van der Waals surface area (Å²) in [6.07, 6.45) is 0. The van der Waals surface area contributed by atoms with E-state index in [1.165, 1.54) is 12.1 Å². The van der Waals surface area contributed by atoms with Crippen molar-refractivity contribution < 1.29 is 9.53 Å². The molecule has 53 valence electrons. The van der Waals surface area contributed by atoms with Gasteiger partial charge in [-0.1, -0.05) is 0 Å². The molecule has 5 heteroatoms. The normalized spacial score (nSPS) is 7.27. The largest absolute Gasteiger partial charge is 0.464 e. The van der Waals surface area contributed by atoms with Crippen molar-refractivity contribution in [3.63, 3.8) is 0 Å². The average Bonchev–Trinajstić information content (AvgIpc) is 1.91. The van der Waals surface area contributed by atoms with Crippen molar-refractivity contribution in [3.8, 4) is 12.1 Å². The first-order valence-corrected chi connectivity index (χ1v) is 2.72. The molecule has 0 aromatic carbocycles. The molecule has 4 nitrogen and oxygen atoms in total. The van der Waals surface area contributed by atoms with Crippen LogP contribution < -0.4 is 0 Å². The Morgan fingerprint density at radius 3 is 2.27 bits per heavy atom. The summed E-state index contributed by atoms with van der Waals surface area (Å²) >= 11 is 0. The van der Waals surface area contributed by atoms with Crippen molar-refractivity contribution >= 4 is 57.4 Å². The summed E-state index contributed by atoms with van der Waals surface area (Å²) in [6, 6.07) is 3.00. The van der Waals surface area contributed by atoms with Crippen molar-refractivity contribution in [1.82, 2.24) is 0 Å². The van der Waals surface area contributed by atoms with E-state index in [1.807, 2.05) is 0 Å². The number of hydrogen-bond donors (Lipinski definition) is 0. The Bertz CT molecular complexity index is 190. The first kappa shape index (κ1) is 13.7. The Kier molecular flexibility index (Phi) is 10.2. The maximum atomic E-state index is 10.5. The van der Waals surface area contributed by atoms with Gasteiger partial charge >= 0.3 is 5.97 Å². The van der Waals surface area contributed by atoms with E-state index in [4.69, 9.17) is 10.5 Å². The minimum Gasteiger partial charge on any atom is -0.464 e. The van der Waals surface area contributed by atoms with Crippen LogP contribution in [0.2, 0.25) is 0 Å². The minimum atomic E-state index is -1.28. The Morgan fingerprint density at radius 2 is 2.00 bits per heavy atom. The van der Waals surface area contributed by atoms with E-state index in [-0.39, 0.29) is 58.0 Å². The third kappa shape index (κ3) is 5.37. The molecule has 0 heterocycles. The molecule has 0 fully saturated rings. The molecule has 0 aliphatic carbocycles. The molecule has 0 atom stereocenters. The Morgan fingerprint density at radius 1 is 1.55 bits per heavy atom. The third-order valence-corrected chi connectivity index (χ3v) is 0.780. The third-order valence-electron chi connectivity index (χ3n) is 0.780. The molecule has 0 N–H and O–H groups in total. The predicted molar refractivity (Wildman–Crippen MR) is 37.1 cm³/mol. The fourth-order valence-corrected chi connectivity index (χ4v) is 0.360. The number of hydrogen-bond acceptors (Lipinski definition) is 4. The second kappa shape index (κ2) is 8.19. The molecule has 0 rings (SSSR count). The van der Waals surface area contributed by atoms with Gasteiger partial charge in [0.1, 0.15) is 0 Å². The molecule has 0 aromatic heterocycles. The number of esters is 1. The number of carbonyl (C=O) groups excluding carboxylic acids is 1. The molecular weight excluding hydrogens is 171 g/mol. The first-order valence-electron chi connectivity index (χ1n) is 2.72. The number of ether oxygens (including phenoxy) is 1. The molecule has 11 heavy (non-hydrogen) atoms. The van der Waals surface area contributed by atoms with Gasteiger partial charge in [0, 0.05) is 51.4 Å². The first-order chi connectivity index (χ1) is 4.76. The summed E-state index contributed by atoms with van der Waals surface area (Å²) < 4.78 is 4.40. The van der Waals surface area contributed by atoms with Crippen LogP contribution in [-0.4, -0.2) is 64.0 Å². The fraction of sp³-hybridized carbons (Fsp3) is 0.500. The fourth-order valence-electron chi connectivity index (χ4n) is 0.360. The van der Waals surface area contributed by atoms with Gasteiger partial charge < -0.3 is 4.74 Å². The summed E-state index contributed by atoms with van der Waals surface area (Å²) in [6.45, 7) is 1.81.